The zero-order valence-electron chi connectivity index (χ0n) is 14.0. The number of anilines is 1. The molecule has 0 saturated carbocycles. The van der Waals surface area contributed by atoms with Crippen LogP contribution < -0.4 is 15.0 Å². The lowest BCUT2D eigenvalue weighted by Crippen LogP contribution is -3.14. The van der Waals surface area contributed by atoms with Gasteiger partial charge < -0.3 is 15.0 Å². The average Bonchev–Trinajstić information content (AvgIpc) is 2.58. The first kappa shape index (κ1) is 19.5. The molecule has 0 saturated heterocycles. The predicted octanol–water partition coefficient (Wildman–Crippen LogP) is 3.05. The molecule has 2 aromatic carbocycles. The summed E-state index contributed by atoms with van der Waals surface area (Å²) in [5, 5.41) is 3.54. The third-order valence-corrected chi connectivity index (χ3v) is 4.46. The number of carbonyl (C=O) groups is 1. The largest absolute Gasteiger partial charge is 0.488 e. The molecule has 0 spiro atoms. The Morgan fingerprint density at radius 1 is 1.24 bits per heavy atom. The number of hydrogen-bond acceptors (Lipinski definition) is 2. The summed E-state index contributed by atoms with van der Waals surface area (Å²) >= 11 is 11.8. The minimum Gasteiger partial charge on any atom is -0.488 e. The maximum absolute atomic E-state index is 13.1. The highest BCUT2D eigenvalue weighted by Gasteiger charge is 2.22. The Bertz CT molecular complexity index is 726. The molecule has 25 heavy (non-hydrogen) atoms. The van der Waals surface area contributed by atoms with Crippen LogP contribution in [0.5, 0.6) is 5.75 Å². The topological polar surface area (TPSA) is 42.8 Å². The molecule has 0 bridgehead atoms. The predicted molar refractivity (Wildman–Crippen MR) is 98.2 cm³/mol. The summed E-state index contributed by atoms with van der Waals surface area (Å²) < 4.78 is 18.7. The fourth-order valence-electron chi connectivity index (χ4n) is 2.13. The summed E-state index contributed by atoms with van der Waals surface area (Å²) in [4.78, 5) is 13.3. The highest BCUT2D eigenvalue weighted by molar-refractivity contribution is 6.33. The van der Waals surface area contributed by atoms with Crippen LogP contribution in [0, 0.1) is 5.82 Å². The molecular formula is C18H20Cl2FN2O2+. The van der Waals surface area contributed by atoms with Crippen LogP contribution in [-0.2, 0) is 4.79 Å². The standard InChI is InChI=1S/C18H19Cl2FN2O2/c1-12(18(24)22-17-8-5-14(21)11-16(17)20)23(2)9-10-25-15-6-3-13(19)4-7-15/h3-8,11-12H,9-10H2,1-2H3,(H,22,24)/p+1/t12-/m1/s1. The molecule has 0 radical (unpaired) electrons. The Balaban J connectivity index is 1.82. The van der Waals surface area contributed by atoms with E-state index in [0.29, 0.717) is 23.9 Å². The number of ether oxygens (including phenoxy) is 1. The van der Waals surface area contributed by atoms with Crippen LogP contribution in [-0.4, -0.2) is 32.1 Å². The molecule has 0 heterocycles. The number of hydrogen-bond donors (Lipinski definition) is 2. The van der Waals surface area contributed by atoms with Gasteiger partial charge in [-0.15, -0.1) is 0 Å². The van der Waals surface area contributed by atoms with Gasteiger partial charge in [-0.1, -0.05) is 23.2 Å². The van der Waals surface area contributed by atoms with Crippen LogP contribution in [0.4, 0.5) is 10.1 Å². The van der Waals surface area contributed by atoms with E-state index in [-0.39, 0.29) is 17.0 Å². The molecular weight excluding hydrogens is 366 g/mol. The van der Waals surface area contributed by atoms with Gasteiger partial charge in [0.25, 0.3) is 5.91 Å². The molecule has 0 fully saturated rings. The van der Waals surface area contributed by atoms with Crippen molar-refractivity contribution in [2.45, 2.75) is 13.0 Å². The van der Waals surface area contributed by atoms with E-state index in [1.54, 1.807) is 24.3 Å². The molecule has 0 aliphatic carbocycles. The van der Waals surface area contributed by atoms with Gasteiger partial charge in [-0.3, -0.25) is 4.79 Å². The summed E-state index contributed by atoms with van der Waals surface area (Å²) in [7, 11) is 1.90. The van der Waals surface area contributed by atoms with Crippen LogP contribution in [0.3, 0.4) is 0 Å². The maximum Gasteiger partial charge on any atom is 0.282 e. The Morgan fingerprint density at radius 2 is 1.92 bits per heavy atom. The smallest absolute Gasteiger partial charge is 0.282 e. The number of carbonyl (C=O) groups excluding carboxylic acids is 1. The van der Waals surface area contributed by atoms with Gasteiger partial charge in [0.15, 0.2) is 6.04 Å². The quantitative estimate of drug-likeness (QED) is 0.768. The molecule has 1 unspecified atom stereocenters. The zero-order chi connectivity index (χ0) is 18.4. The average molecular weight is 386 g/mol. The number of quaternary nitrogens is 1. The van der Waals surface area contributed by atoms with E-state index in [2.05, 4.69) is 5.32 Å². The van der Waals surface area contributed by atoms with E-state index in [0.717, 1.165) is 10.6 Å². The van der Waals surface area contributed by atoms with Crippen molar-refractivity contribution in [1.82, 2.24) is 0 Å². The first-order valence-electron chi connectivity index (χ1n) is 7.83. The van der Waals surface area contributed by atoms with Gasteiger partial charge in [0, 0.05) is 5.02 Å². The van der Waals surface area contributed by atoms with Crippen LogP contribution in [0.25, 0.3) is 0 Å². The van der Waals surface area contributed by atoms with Gasteiger partial charge in [0.05, 0.1) is 17.8 Å². The minimum atomic E-state index is -0.446. The van der Waals surface area contributed by atoms with Crippen LogP contribution >= 0.6 is 23.2 Å². The van der Waals surface area contributed by atoms with Gasteiger partial charge in [-0.2, -0.15) is 0 Å². The first-order valence-corrected chi connectivity index (χ1v) is 8.59. The van der Waals surface area contributed by atoms with Crippen LogP contribution in [0.15, 0.2) is 42.5 Å². The summed E-state index contributed by atoms with van der Waals surface area (Å²) in [6.07, 6.45) is 0. The zero-order valence-corrected chi connectivity index (χ0v) is 15.5. The molecule has 2 rings (SSSR count). The Labute approximate surface area is 156 Å². The number of likely N-dealkylation sites (N-methyl/N-ethyl adjacent to an activating group) is 1. The van der Waals surface area contributed by atoms with Crippen molar-refractivity contribution in [3.05, 3.63) is 58.3 Å². The highest BCUT2D eigenvalue weighted by Crippen LogP contribution is 2.22. The van der Waals surface area contributed by atoms with E-state index in [1.807, 2.05) is 14.0 Å². The molecule has 0 aromatic heterocycles. The van der Waals surface area contributed by atoms with Crippen LogP contribution in [0.1, 0.15) is 6.92 Å². The maximum atomic E-state index is 13.1. The van der Waals surface area contributed by atoms with Gasteiger partial charge in [-0.05, 0) is 49.4 Å². The molecule has 2 N–H and O–H groups in total. The normalized spacial score (nSPS) is 13.2. The Morgan fingerprint density at radius 3 is 2.56 bits per heavy atom. The number of rotatable bonds is 7. The lowest BCUT2D eigenvalue weighted by Gasteiger charge is -2.21. The van der Waals surface area contributed by atoms with Crippen molar-refractivity contribution >= 4 is 34.8 Å². The summed E-state index contributed by atoms with van der Waals surface area (Å²) in [5.74, 6) is 0.0861. The van der Waals surface area contributed by atoms with Crippen molar-refractivity contribution in [2.75, 3.05) is 25.5 Å². The van der Waals surface area contributed by atoms with E-state index >= 15 is 0 Å². The monoisotopic (exact) mass is 385 g/mol. The van der Waals surface area contributed by atoms with E-state index in [1.165, 1.54) is 18.2 Å². The second kappa shape index (κ2) is 9.04. The molecule has 1 amide bonds. The molecule has 2 aromatic rings. The molecule has 4 nitrogen and oxygen atoms in total. The van der Waals surface area contributed by atoms with Crippen molar-refractivity contribution in [3.63, 3.8) is 0 Å². The second-order valence-corrected chi connectivity index (χ2v) is 6.58. The molecule has 134 valence electrons. The fourth-order valence-corrected chi connectivity index (χ4v) is 2.47. The SMILES string of the molecule is C[C@H](C(=O)Nc1ccc(F)cc1Cl)[NH+](C)CCOc1ccc(Cl)cc1. The summed E-state index contributed by atoms with van der Waals surface area (Å²) in [6.45, 7) is 2.90. The lowest BCUT2D eigenvalue weighted by atomic mass is 10.2. The fraction of sp³-hybridized carbons (Fsp3) is 0.278. The molecule has 0 aliphatic rings. The van der Waals surface area contributed by atoms with Crippen molar-refractivity contribution in [1.29, 1.82) is 0 Å². The van der Waals surface area contributed by atoms with E-state index in [9.17, 15) is 9.18 Å². The van der Waals surface area contributed by atoms with Crippen molar-refractivity contribution in [2.24, 2.45) is 0 Å². The minimum absolute atomic E-state index is 0.171. The van der Waals surface area contributed by atoms with Gasteiger partial charge in [0.2, 0.25) is 0 Å². The Hall–Kier alpha value is -1.82. The summed E-state index contributed by atoms with van der Waals surface area (Å²) in [6, 6.07) is 10.7. The lowest BCUT2D eigenvalue weighted by molar-refractivity contribution is -0.894. The Kier molecular flexibility index (Phi) is 7.05. The number of nitrogens with one attached hydrogen (secondary N) is 2. The molecule has 2 atom stereocenters. The third-order valence-electron chi connectivity index (χ3n) is 3.90. The van der Waals surface area contributed by atoms with Crippen LogP contribution in [0.2, 0.25) is 10.0 Å². The van der Waals surface area contributed by atoms with E-state index < -0.39 is 5.82 Å². The summed E-state index contributed by atoms with van der Waals surface area (Å²) in [5.41, 5.74) is 0.394. The second-order valence-electron chi connectivity index (χ2n) is 5.73. The van der Waals surface area contributed by atoms with Crippen molar-refractivity contribution in [3.8, 4) is 5.75 Å². The van der Waals surface area contributed by atoms with Gasteiger partial charge in [0.1, 0.15) is 24.7 Å². The molecule has 0 aliphatic heterocycles. The number of halogens is 3. The highest BCUT2D eigenvalue weighted by atomic mass is 35.5. The van der Waals surface area contributed by atoms with Gasteiger partial charge in [-0.25, -0.2) is 4.39 Å². The molecule has 7 heteroatoms. The number of benzene rings is 2. The third kappa shape index (κ3) is 5.88. The van der Waals surface area contributed by atoms with E-state index in [4.69, 9.17) is 27.9 Å². The first-order chi connectivity index (χ1) is 11.9. The van der Waals surface area contributed by atoms with Gasteiger partial charge >= 0.3 is 0 Å². The number of amides is 1. The van der Waals surface area contributed by atoms with Crippen molar-refractivity contribution < 1.29 is 18.8 Å².